The van der Waals surface area contributed by atoms with Crippen LogP contribution in [0.3, 0.4) is 0 Å². The fraction of sp³-hybridized carbons (Fsp3) is 0.0645. The summed E-state index contributed by atoms with van der Waals surface area (Å²) in [5.41, 5.74) is 2.18. The molecule has 1 heterocycles. The molecule has 0 saturated heterocycles. The van der Waals surface area contributed by atoms with E-state index in [0.717, 1.165) is 21.5 Å². The number of carbonyl (C=O) groups excluding carboxylic acids is 3. The first-order valence-electron chi connectivity index (χ1n) is 12.1. The highest BCUT2D eigenvalue weighted by molar-refractivity contribution is 6.21. The molecule has 1 aliphatic heterocycles. The summed E-state index contributed by atoms with van der Waals surface area (Å²) in [6, 6.07) is 33.7. The molecule has 1 aliphatic rings. The topological polar surface area (TPSA) is 69.7 Å². The Morgan fingerprint density at radius 3 is 1.89 bits per heavy atom. The van der Waals surface area contributed by atoms with Crippen LogP contribution in [-0.4, -0.2) is 35.8 Å². The van der Waals surface area contributed by atoms with Gasteiger partial charge in [-0.1, -0.05) is 84.9 Å². The molecular weight excluding hydrogens is 462 g/mol. The largest absolute Gasteiger partial charge is 0.326 e. The molecule has 37 heavy (non-hydrogen) atoms. The summed E-state index contributed by atoms with van der Waals surface area (Å²) >= 11 is 0. The Labute approximate surface area is 213 Å². The summed E-state index contributed by atoms with van der Waals surface area (Å²) < 4.78 is 0. The van der Waals surface area contributed by atoms with Crippen LogP contribution in [0.4, 0.5) is 16.2 Å². The van der Waals surface area contributed by atoms with E-state index in [9.17, 15) is 14.4 Å². The number of carbonyl (C=O) groups is 3. The van der Waals surface area contributed by atoms with E-state index in [0.29, 0.717) is 22.5 Å². The monoisotopic (exact) mass is 485 g/mol. The average molecular weight is 486 g/mol. The highest BCUT2D eigenvalue weighted by atomic mass is 16.2. The number of hydrogen-bond donors (Lipinski definition) is 1. The van der Waals surface area contributed by atoms with Gasteiger partial charge in [-0.3, -0.25) is 19.4 Å². The molecule has 180 valence electrons. The van der Waals surface area contributed by atoms with Gasteiger partial charge in [-0.25, -0.2) is 4.79 Å². The van der Waals surface area contributed by atoms with Crippen molar-refractivity contribution in [2.75, 3.05) is 23.3 Å². The van der Waals surface area contributed by atoms with Crippen molar-refractivity contribution in [1.82, 2.24) is 4.90 Å². The van der Waals surface area contributed by atoms with Crippen LogP contribution >= 0.6 is 0 Å². The van der Waals surface area contributed by atoms with Crippen LogP contribution in [0, 0.1) is 0 Å². The van der Waals surface area contributed by atoms with Crippen molar-refractivity contribution in [3.05, 3.63) is 120 Å². The summed E-state index contributed by atoms with van der Waals surface area (Å²) in [7, 11) is 0. The molecule has 0 aromatic heterocycles. The number of urea groups is 1. The third kappa shape index (κ3) is 3.98. The van der Waals surface area contributed by atoms with Crippen molar-refractivity contribution in [1.29, 1.82) is 0 Å². The van der Waals surface area contributed by atoms with Gasteiger partial charge in [0.25, 0.3) is 11.8 Å². The molecule has 0 bridgehead atoms. The molecule has 0 radical (unpaired) electrons. The summed E-state index contributed by atoms with van der Waals surface area (Å²) in [6.45, 7) is 0.203. The van der Waals surface area contributed by atoms with Gasteiger partial charge in [-0.05, 0) is 35.0 Å². The molecule has 0 unspecified atom stereocenters. The number of fused-ring (bicyclic) bond motifs is 3. The zero-order valence-electron chi connectivity index (χ0n) is 19.9. The van der Waals surface area contributed by atoms with Crippen LogP contribution in [0.15, 0.2) is 109 Å². The molecular formula is C31H23N3O3. The Morgan fingerprint density at radius 1 is 0.649 bits per heavy atom. The van der Waals surface area contributed by atoms with Crippen LogP contribution in [0.5, 0.6) is 0 Å². The molecule has 0 saturated carbocycles. The average Bonchev–Trinajstić information content (AvgIpc) is 3.18. The predicted octanol–water partition coefficient (Wildman–Crippen LogP) is 6.33. The molecule has 0 spiro atoms. The molecule has 4 amide bonds. The van der Waals surface area contributed by atoms with Gasteiger partial charge in [-0.2, -0.15) is 0 Å². The second kappa shape index (κ2) is 9.24. The standard InChI is InChI=1S/C31H23N3O3/c35-29-25-15-5-6-16-26(25)30(36)34(29)20-19-33(28-18-8-12-22-10-2-4-14-24(22)28)31(37)32-27-17-7-11-21-9-1-3-13-23(21)27/h1-18H,19-20H2,(H,32,37). The Kier molecular flexibility index (Phi) is 5.62. The summed E-state index contributed by atoms with van der Waals surface area (Å²) in [4.78, 5) is 42.6. The number of rotatable bonds is 5. The van der Waals surface area contributed by atoms with Crippen LogP contribution in [0.1, 0.15) is 20.7 Å². The lowest BCUT2D eigenvalue weighted by Gasteiger charge is -2.27. The van der Waals surface area contributed by atoms with E-state index >= 15 is 0 Å². The Balaban J connectivity index is 1.35. The molecule has 5 aromatic rings. The van der Waals surface area contributed by atoms with Gasteiger partial charge in [-0.15, -0.1) is 0 Å². The van der Waals surface area contributed by atoms with Gasteiger partial charge in [0.15, 0.2) is 0 Å². The lowest BCUT2D eigenvalue weighted by Crippen LogP contribution is -2.43. The molecule has 1 N–H and O–H groups in total. The second-order valence-corrected chi connectivity index (χ2v) is 8.91. The molecule has 0 aliphatic carbocycles. The minimum atomic E-state index is -0.343. The first kappa shape index (κ1) is 22.5. The summed E-state index contributed by atoms with van der Waals surface area (Å²) in [5.74, 6) is -0.680. The van der Waals surface area contributed by atoms with Gasteiger partial charge in [0.2, 0.25) is 0 Å². The van der Waals surface area contributed by atoms with E-state index in [1.54, 1.807) is 29.2 Å². The highest BCUT2D eigenvalue weighted by Gasteiger charge is 2.35. The lowest BCUT2D eigenvalue weighted by atomic mass is 10.1. The van der Waals surface area contributed by atoms with Crippen molar-refractivity contribution < 1.29 is 14.4 Å². The van der Waals surface area contributed by atoms with Crippen LogP contribution in [-0.2, 0) is 0 Å². The van der Waals surface area contributed by atoms with E-state index in [2.05, 4.69) is 5.32 Å². The Morgan fingerprint density at radius 2 is 1.19 bits per heavy atom. The number of hydrogen-bond acceptors (Lipinski definition) is 3. The predicted molar refractivity (Wildman–Crippen MR) is 146 cm³/mol. The molecule has 0 fully saturated rings. The van der Waals surface area contributed by atoms with Crippen molar-refractivity contribution in [2.24, 2.45) is 0 Å². The van der Waals surface area contributed by atoms with Crippen LogP contribution in [0.25, 0.3) is 21.5 Å². The highest BCUT2D eigenvalue weighted by Crippen LogP contribution is 2.30. The van der Waals surface area contributed by atoms with Gasteiger partial charge in [0.1, 0.15) is 0 Å². The van der Waals surface area contributed by atoms with Gasteiger partial charge >= 0.3 is 6.03 Å². The molecule has 0 atom stereocenters. The maximum atomic E-state index is 13.8. The SMILES string of the molecule is O=C1c2ccccc2C(=O)N1CCN(C(=O)Nc1cccc2ccccc12)c1cccc2ccccc12. The quantitative estimate of drug-likeness (QED) is 0.296. The number of benzene rings is 5. The number of nitrogens with zero attached hydrogens (tertiary/aromatic N) is 2. The summed E-state index contributed by atoms with van der Waals surface area (Å²) in [6.07, 6.45) is 0. The minimum Gasteiger partial charge on any atom is -0.307 e. The first-order chi connectivity index (χ1) is 18.1. The van der Waals surface area contributed by atoms with Gasteiger partial charge < -0.3 is 5.32 Å². The first-order valence-corrected chi connectivity index (χ1v) is 12.1. The van der Waals surface area contributed by atoms with E-state index < -0.39 is 0 Å². The lowest BCUT2D eigenvalue weighted by molar-refractivity contribution is 0.0658. The molecule has 6 rings (SSSR count). The van der Waals surface area contributed by atoms with Crippen molar-refractivity contribution >= 4 is 50.8 Å². The third-order valence-corrected chi connectivity index (χ3v) is 6.76. The molecule has 6 heteroatoms. The minimum absolute atomic E-state index is 0.0680. The number of anilines is 2. The van der Waals surface area contributed by atoms with Crippen LogP contribution < -0.4 is 10.2 Å². The van der Waals surface area contributed by atoms with Crippen molar-refractivity contribution in [3.8, 4) is 0 Å². The van der Waals surface area contributed by atoms with Crippen LogP contribution in [0.2, 0.25) is 0 Å². The fourth-order valence-corrected chi connectivity index (χ4v) is 4.93. The van der Waals surface area contributed by atoms with Gasteiger partial charge in [0, 0.05) is 23.9 Å². The van der Waals surface area contributed by atoms with Crippen molar-refractivity contribution in [3.63, 3.8) is 0 Å². The third-order valence-electron chi connectivity index (χ3n) is 6.76. The zero-order chi connectivity index (χ0) is 25.4. The zero-order valence-corrected chi connectivity index (χ0v) is 19.9. The number of nitrogens with one attached hydrogen (secondary N) is 1. The maximum absolute atomic E-state index is 13.8. The van der Waals surface area contributed by atoms with Crippen molar-refractivity contribution in [2.45, 2.75) is 0 Å². The maximum Gasteiger partial charge on any atom is 0.326 e. The normalized spacial score (nSPS) is 12.7. The fourth-order valence-electron chi connectivity index (χ4n) is 4.93. The van der Waals surface area contributed by atoms with E-state index in [-0.39, 0.29) is 30.9 Å². The number of imide groups is 1. The smallest absolute Gasteiger partial charge is 0.307 e. The van der Waals surface area contributed by atoms with E-state index in [1.165, 1.54) is 4.90 Å². The Hall–Kier alpha value is -4.97. The molecule has 5 aromatic carbocycles. The number of amides is 4. The van der Waals surface area contributed by atoms with E-state index in [4.69, 9.17) is 0 Å². The van der Waals surface area contributed by atoms with Gasteiger partial charge in [0.05, 0.1) is 22.5 Å². The van der Waals surface area contributed by atoms with E-state index in [1.807, 2.05) is 84.9 Å². The second-order valence-electron chi connectivity index (χ2n) is 8.91. The Bertz CT molecular complexity index is 1650. The summed E-state index contributed by atoms with van der Waals surface area (Å²) in [5, 5.41) is 6.90. The molecule has 6 nitrogen and oxygen atoms in total.